The van der Waals surface area contributed by atoms with Crippen molar-refractivity contribution in [3.8, 4) is 5.75 Å². The van der Waals surface area contributed by atoms with E-state index in [-0.39, 0.29) is 17.2 Å². The van der Waals surface area contributed by atoms with Gasteiger partial charge in [-0.25, -0.2) is 4.39 Å². The Kier molecular flexibility index (Phi) is 13.9. The summed E-state index contributed by atoms with van der Waals surface area (Å²) in [6, 6.07) is 5.29. The van der Waals surface area contributed by atoms with Gasteiger partial charge in [0.15, 0.2) is 0 Å². The van der Waals surface area contributed by atoms with Crippen LogP contribution in [0.1, 0.15) is 56.7 Å². The number of rotatable bonds is 16. The first-order chi connectivity index (χ1) is 14.9. The Hall–Kier alpha value is -1.84. The first-order valence-corrected chi connectivity index (χ1v) is 11.6. The third-order valence-corrected chi connectivity index (χ3v) is 4.97. The number of hydrogen-bond acceptors (Lipinski definition) is 7. The van der Waals surface area contributed by atoms with Crippen LogP contribution in [0.3, 0.4) is 0 Å². The summed E-state index contributed by atoms with van der Waals surface area (Å²) in [5, 5.41) is 5.34. The number of unbranched alkanes of at least 4 members (excludes halogenated alkanes) is 4. The van der Waals surface area contributed by atoms with Crippen LogP contribution in [0.5, 0.6) is 5.75 Å². The van der Waals surface area contributed by atoms with E-state index in [2.05, 4.69) is 10.6 Å². The maximum atomic E-state index is 14.4. The van der Waals surface area contributed by atoms with Gasteiger partial charge in [0.1, 0.15) is 5.75 Å². The van der Waals surface area contributed by atoms with Gasteiger partial charge in [0.2, 0.25) is 12.1 Å². The zero-order valence-electron chi connectivity index (χ0n) is 17.6. The van der Waals surface area contributed by atoms with Crippen LogP contribution in [0, 0.1) is 0 Å². The van der Waals surface area contributed by atoms with Gasteiger partial charge in [0, 0.05) is 18.7 Å². The molecule has 2 unspecified atom stereocenters. The minimum Gasteiger partial charge on any atom is -0.427 e. The fourth-order valence-corrected chi connectivity index (χ4v) is 3.23. The van der Waals surface area contributed by atoms with Gasteiger partial charge in [0.05, 0.1) is 6.04 Å². The Morgan fingerprint density at radius 1 is 1.00 bits per heavy atom. The molecule has 0 radical (unpaired) electrons. The minimum absolute atomic E-state index is 0.0624. The molecule has 2 amide bonds. The van der Waals surface area contributed by atoms with Gasteiger partial charge in [-0.2, -0.15) is 0 Å². The highest BCUT2D eigenvalue weighted by Crippen LogP contribution is 2.35. The minimum atomic E-state index is -2.71. The van der Waals surface area contributed by atoms with Crippen LogP contribution in [0.15, 0.2) is 24.3 Å². The van der Waals surface area contributed by atoms with Crippen molar-refractivity contribution in [3.63, 3.8) is 0 Å². The predicted molar refractivity (Wildman–Crippen MR) is 118 cm³/mol. The van der Waals surface area contributed by atoms with Gasteiger partial charge in [-0.1, -0.05) is 37.5 Å². The van der Waals surface area contributed by atoms with Crippen LogP contribution in [0.2, 0.25) is 0 Å². The Bertz CT molecular complexity index is 668. The van der Waals surface area contributed by atoms with Crippen molar-refractivity contribution in [2.45, 2.75) is 57.2 Å². The van der Waals surface area contributed by atoms with Crippen LogP contribution in [0.4, 0.5) is 4.39 Å². The second-order valence-electron chi connectivity index (χ2n) is 7.13. The normalized spacial score (nSPS) is 13.0. The van der Waals surface area contributed by atoms with Crippen molar-refractivity contribution < 1.29 is 28.3 Å². The molecule has 0 spiro atoms. The predicted octanol–water partition coefficient (Wildman–Crippen LogP) is 1.54. The van der Waals surface area contributed by atoms with E-state index in [0.717, 1.165) is 32.1 Å². The van der Waals surface area contributed by atoms with E-state index in [1.54, 1.807) is 6.07 Å². The lowest BCUT2D eigenvalue weighted by Gasteiger charge is -2.14. The van der Waals surface area contributed by atoms with Gasteiger partial charge in [0.25, 0.3) is 5.91 Å². The molecule has 0 aliphatic carbocycles. The molecule has 1 aromatic carbocycles. The van der Waals surface area contributed by atoms with Crippen molar-refractivity contribution in [1.82, 2.24) is 10.6 Å². The molecule has 2 atom stereocenters. The number of nitrogens with one attached hydrogen (secondary N) is 2. The van der Waals surface area contributed by atoms with Crippen molar-refractivity contribution >= 4 is 20.4 Å². The van der Waals surface area contributed by atoms with E-state index in [1.165, 1.54) is 18.2 Å². The van der Waals surface area contributed by atoms with Crippen LogP contribution < -0.4 is 26.6 Å². The van der Waals surface area contributed by atoms with Crippen molar-refractivity contribution in [1.29, 1.82) is 0 Å². The van der Waals surface area contributed by atoms with Crippen molar-refractivity contribution in [2.75, 3.05) is 19.6 Å². The second-order valence-corrected chi connectivity index (χ2v) is 7.82. The number of alkyl halides is 1. The first-order valence-electron chi connectivity index (χ1n) is 10.5. The molecule has 176 valence electrons. The molecule has 8 N–H and O–H groups in total. The molecule has 0 saturated heterocycles. The molecule has 0 fully saturated rings. The molecule has 0 aromatic heterocycles. The van der Waals surface area contributed by atoms with Crippen LogP contribution >= 0.6 is 8.60 Å². The number of carbonyl (C=O) groups is 2. The fourth-order valence-electron chi connectivity index (χ4n) is 2.89. The van der Waals surface area contributed by atoms with Gasteiger partial charge in [-0.15, -0.1) is 0 Å². The van der Waals surface area contributed by atoms with Gasteiger partial charge in [-0.05, 0) is 38.3 Å². The summed E-state index contributed by atoms with van der Waals surface area (Å²) in [6.45, 7) is 1.45. The number of halogens is 1. The molecule has 0 saturated carbocycles. The number of para-hydroxylation sites is 1. The number of benzene rings is 1. The summed E-state index contributed by atoms with van der Waals surface area (Å²) in [5.74, 6) is -1.05. The maximum Gasteiger partial charge on any atom is 0.391 e. The lowest BCUT2D eigenvalue weighted by atomic mass is 10.1. The highest BCUT2D eigenvalue weighted by Gasteiger charge is 2.24. The Balaban J connectivity index is 2.18. The summed E-state index contributed by atoms with van der Waals surface area (Å²) in [4.78, 5) is 41.8. The smallest absolute Gasteiger partial charge is 0.391 e. The Labute approximate surface area is 183 Å². The van der Waals surface area contributed by atoms with E-state index < -0.39 is 26.7 Å². The molecule has 9 nitrogen and oxygen atoms in total. The second kappa shape index (κ2) is 15.9. The first kappa shape index (κ1) is 27.2. The van der Waals surface area contributed by atoms with Crippen molar-refractivity contribution in [3.05, 3.63) is 29.8 Å². The summed E-state index contributed by atoms with van der Waals surface area (Å²) in [6.07, 6.45) is 3.46. The zero-order valence-corrected chi connectivity index (χ0v) is 18.5. The van der Waals surface area contributed by atoms with Crippen LogP contribution in [-0.2, 0) is 9.59 Å². The maximum absolute atomic E-state index is 14.4. The molecular formula is C20H34FN4O5P. The zero-order chi connectivity index (χ0) is 23.1. The molecule has 0 aliphatic heterocycles. The van der Waals surface area contributed by atoms with Crippen LogP contribution in [-0.4, -0.2) is 47.3 Å². The quantitative estimate of drug-likeness (QED) is 0.161. The van der Waals surface area contributed by atoms with E-state index in [9.17, 15) is 14.0 Å². The van der Waals surface area contributed by atoms with Gasteiger partial charge in [-0.3, -0.25) is 9.59 Å². The fraction of sp³-hybridized carbons (Fsp3) is 0.600. The monoisotopic (exact) mass is 460 g/mol. The highest BCUT2D eigenvalue weighted by molar-refractivity contribution is 7.39. The molecular weight excluding hydrogens is 426 g/mol. The van der Waals surface area contributed by atoms with Crippen molar-refractivity contribution in [2.24, 2.45) is 11.5 Å². The topological polar surface area (TPSA) is 160 Å². The average molecular weight is 460 g/mol. The van der Waals surface area contributed by atoms with Gasteiger partial charge >= 0.3 is 8.60 Å². The summed E-state index contributed by atoms with van der Waals surface area (Å²) < 4.78 is 19.2. The lowest BCUT2D eigenvalue weighted by molar-refractivity contribution is -0.126. The third kappa shape index (κ3) is 11.4. The molecule has 1 rings (SSSR count). The SMILES string of the molecule is NCCCCC(N)C(=O)NCCCCCCNC(=O)C(F)c1ccccc1OP(O)O. The summed E-state index contributed by atoms with van der Waals surface area (Å²) in [5.41, 5.74) is 11.2. The van der Waals surface area contributed by atoms with E-state index in [1.807, 2.05) is 0 Å². The van der Waals surface area contributed by atoms with Gasteiger partial charge < -0.3 is 36.4 Å². The largest absolute Gasteiger partial charge is 0.427 e. The molecule has 0 heterocycles. The Morgan fingerprint density at radius 2 is 1.61 bits per heavy atom. The third-order valence-electron chi connectivity index (χ3n) is 4.61. The van der Waals surface area contributed by atoms with E-state index in [0.29, 0.717) is 32.5 Å². The molecule has 11 heteroatoms. The highest BCUT2D eigenvalue weighted by atomic mass is 31.2. The van der Waals surface area contributed by atoms with E-state index in [4.69, 9.17) is 25.8 Å². The number of amides is 2. The number of nitrogens with two attached hydrogens (primary N) is 2. The molecule has 0 bridgehead atoms. The summed E-state index contributed by atoms with van der Waals surface area (Å²) in [7, 11) is -2.71. The number of hydrogen-bond donors (Lipinski definition) is 6. The average Bonchev–Trinajstić information content (AvgIpc) is 2.74. The van der Waals surface area contributed by atoms with Crippen LogP contribution in [0.25, 0.3) is 0 Å². The lowest BCUT2D eigenvalue weighted by Crippen LogP contribution is -2.40. The summed E-state index contributed by atoms with van der Waals surface area (Å²) >= 11 is 0. The Morgan fingerprint density at radius 3 is 2.23 bits per heavy atom. The molecule has 1 aromatic rings. The number of carbonyl (C=O) groups excluding carboxylic acids is 2. The molecule has 0 aliphatic rings. The van der Waals surface area contributed by atoms with E-state index >= 15 is 0 Å². The standard InChI is InChI=1S/C20H34FN4O5P/c21-18(15-9-3-4-11-17(15)30-31(28)29)20(27)25-14-8-2-1-7-13-24-19(26)16(23)10-5-6-12-22/h3-4,9,11,16,18,28-29H,1-2,5-8,10,12-14,22-23H2,(H,24,26)(H,25,27). The molecule has 31 heavy (non-hydrogen) atoms.